The Hall–Kier alpha value is -3.07. The molecule has 0 aromatic heterocycles. The molecule has 0 fully saturated rings. The number of rotatable bonds is 3. The molecule has 6 nitrogen and oxygen atoms in total. The van der Waals surface area contributed by atoms with E-state index in [-0.39, 0.29) is 28.5 Å². The molecule has 0 saturated heterocycles. The van der Waals surface area contributed by atoms with E-state index in [2.05, 4.69) is 0 Å². The summed E-state index contributed by atoms with van der Waals surface area (Å²) in [5.74, 6) is 0.221. The number of hydrogen-bond acceptors (Lipinski definition) is 5. The molecule has 0 radical (unpaired) electrons. The average molecular weight is 270 g/mol. The van der Waals surface area contributed by atoms with Crippen molar-refractivity contribution in [3.05, 3.63) is 57.6 Å². The van der Waals surface area contributed by atoms with Gasteiger partial charge < -0.3 is 9.84 Å². The molecule has 0 heterocycles. The zero-order chi connectivity index (χ0) is 14.7. The monoisotopic (exact) mass is 270 g/mol. The maximum Gasteiger partial charge on any atom is 0.311 e. The van der Waals surface area contributed by atoms with E-state index < -0.39 is 4.92 Å². The fraction of sp³-hybridized carbons (Fsp3) is 0.0714. The van der Waals surface area contributed by atoms with E-state index in [0.29, 0.717) is 0 Å². The number of nitrogens with zero attached hydrogens (tertiary/aromatic N) is 2. The van der Waals surface area contributed by atoms with Crippen LogP contribution in [0.3, 0.4) is 0 Å². The standard InChI is InChI=1S/C14H10N2O4/c1-9-4-11(17)7-12(5-9)20-14-6-10(8-15)2-3-13(14)16(18)19/h2-7,17H,1H3. The maximum atomic E-state index is 10.9. The molecule has 2 aromatic carbocycles. The summed E-state index contributed by atoms with van der Waals surface area (Å²) in [5, 5.41) is 29.3. The number of benzene rings is 2. The molecular weight excluding hydrogens is 260 g/mol. The molecule has 0 saturated carbocycles. The molecule has 6 heteroatoms. The summed E-state index contributed by atoms with van der Waals surface area (Å²) in [5.41, 5.74) is 0.756. The number of aromatic hydroxyl groups is 1. The van der Waals surface area contributed by atoms with Crippen molar-refractivity contribution in [1.82, 2.24) is 0 Å². The molecule has 0 amide bonds. The topological polar surface area (TPSA) is 96.4 Å². The van der Waals surface area contributed by atoms with E-state index in [0.717, 1.165) is 5.56 Å². The number of nitro benzene ring substituents is 1. The molecule has 2 rings (SSSR count). The summed E-state index contributed by atoms with van der Waals surface area (Å²) in [6.45, 7) is 1.76. The van der Waals surface area contributed by atoms with Gasteiger partial charge >= 0.3 is 5.69 Å². The predicted octanol–water partition coefficient (Wildman–Crippen LogP) is 3.27. The van der Waals surface area contributed by atoms with Gasteiger partial charge in [-0.1, -0.05) is 0 Å². The van der Waals surface area contributed by atoms with Crippen LogP contribution >= 0.6 is 0 Å². The number of hydrogen-bond donors (Lipinski definition) is 1. The Morgan fingerprint density at radius 1 is 1.30 bits per heavy atom. The average Bonchev–Trinajstić information content (AvgIpc) is 2.37. The van der Waals surface area contributed by atoms with E-state index in [9.17, 15) is 15.2 Å². The predicted molar refractivity (Wildman–Crippen MR) is 70.7 cm³/mol. The van der Waals surface area contributed by atoms with Crippen LogP contribution in [0.1, 0.15) is 11.1 Å². The van der Waals surface area contributed by atoms with Crippen molar-refractivity contribution in [3.8, 4) is 23.3 Å². The van der Waals surface area contributed by atoms with Gasteiger partial charge in [0.05, 0.1) is 16.6 Å². The number of phenolic OH excluding ortho intramolecular Hbond substituents is 1. The second-order valence-corrected chi connectivity index (χ2v) is 4.16. The van der Waals surface area contributed by atoms with Crippen LogP contribution in [0.15, 0.2) is 36.4 Å². The van der Waals surface area contributed by atoms with E-state index in [1.54, 1.807) is 13.0 Å². The third-order valence-corrected chi connectivity index (χ3v) is 2.55. The van der Waals surface area contributed by atoms with Crippen LogP contribution in [0.5, 0.6) is 17.2 Å². The van der Waals surface area contributed by atoms with Gasteiger partial charge in [0, 0.05) is 18.2 Å². The molecule has 0 aliphatic carbocycles. The lowest BCUT2D eigenvalue weighted by Crippen LogP contribution is -1.94. The van der Waals surface area contributed by atoms with E-state index in [4.69, 9.17) is 10.00 Å². The van der Waals surface area contributed by atoms with Crippen molar-refractivity contribution in [2.45, 2.75) is 6.92 Å². The summed E-state index contributed by atoms with van der Waals surface area (Å²) in [4.78, 5) is 10.3. The van der Waals surface area contributed by atoms with Crippen molar-refractivity contribution < 1.29 is 14.8 Å². The van der Waals surface area contributed by atoms with Gasteiger partial charge in [0.2, 0.25) is 5.75 Å². The molecule has 1 N–H and O–H groups in total. The molecular formula is C14H10N2O4. The summed E-state index contributed by atoms with van der Waals surface area (Å²) in [6, 6.07) is 10.2. The SMILES string of the molecule is Cc1cc(O)cc(Oc2cc(C#N)ccc2[N+](=O)[O-])c1. The second-order valence-electron chi connectivity index (χ2n) is 4.16. The van der Waals surface area contributed by atoms with Crippen molar-refractivity contribution in [2.24, 2.45) is 0 Å². The van der Waals surface area contributed by atoms with Gasteiger partial charge in [-0.25, -0.2) is 0 Å². The third kappa shape index (κ3) is 2.84. The van der Waals surface area contributed by atoms with Crippen molar-refractivity contribution in [2.75, 3.05) is 0 Å². The normalized spacial score (nSPS) is 9.80. The molecule has 0 aliphatic heterocycles. The minimum atomic E-state index is -0.591. The summed E-state index contributed by atoms with van der Waals surface area (Å²) >= 11 is 0. The van der Waals surface area contributed by atoms with Crippen LogP contribution in [0, 0.1) is 28.4 Å². The van der Waals surface area contributed by atoms with Crippen molar-refractivity contribution in [3.63, 3.8) is 0 Å². The summed E-state index contributed by atoms with van der Waals surface area (Å²) in [6.07, 6.45) is 0. The van der Waals surface area contributed by atoms with Gasteiger partial charge in [-0.2, -0.15) is 5.26 Å². The first-order valence-electron chi connectivity index (χ1n) is 5.66. The smallest absolute Gasteiger partial charge is 0.311 e. The highest BCUT2D eigenvalue weighted by Crippen LogP contribution is 2.33. The first kappa shape index (κ1) is 13.4. The largest absolute Gasteiger partial charge is 0.508 e. The number of nitriles is 1. The van der Waals surface area contributed by atoms with Gasteiger partial charge in [0.25, 0.3) is 0 Å². The van der Waals surface area contributed by atoms with Crippen LogP contribution in [-0.2, 0) is 0 Å². The fourth-order valence-corrected chi connectivity index (χ4v) is 1.73. The first-order valence-corrected chi connectivity index (χ1v) is 5.66. The van der Waals surface area contributed by atoms with Gasteiger partial charge in [-0.05, 0) is 30.7 Å². The second kappa shape index (κ2) is 5.28. The Morgan fingerprint density at radius 3 is 2.65 bits per heavy atom. The highest BCUT2D eigenvalue weighted by Gasteiger charge is 2.16. The first-order chi connectivity index (χ1) is 9.49. The molecule has 100 valence electrons. The highest BCUT2D eigenvalue weighted by atomic mass is 16.6. The number of phenols is 1. The number of nitro groups is 1. The Labute approximate surface area is 114 Å². The minimum absolute atomic E-state index is 0.000842. The van der Waals surface area contributed by atoms with Crippen LogP contribution in [-0.4, -0.2) is 10.0 Å². The number of aryl methyl sites for hydroxylation is 1. The van der Waals surface area contributed by atoms with Crippen LogP contribution in [0.25, 0.3) is 0 Å². The van der Waals surface area contributed by atoms with Gasteiger partial charge in [0.1, 0.15) is 11.5 Å². The van der Waals surface area contributed by atoms with Gasteiger partial charge in [-0.15, -0.1) is 0 Å². The molecule has 0 spiro atoms. The van der Waals surface area contributed by atoms with E-state index in [1.165, 1.54) is 30.3 Å². The van der Waals surface area contributed by atoms with Crippen molar-refractivity contribution in [1.29, 1.82) is 5.26 Å². The maximum absolute atomic E-state index is 10.9. The van der Waals surface area contributed by atoms with Crippen LogP contribution in [0.4, 0.5) is 5.69 Å². The Balaban J connectivity index is 2.46. The molecule has 0 atom stereocenters. The molecule has 20 heavy (non-hydrogen) atoms. The minimum Gasteiger partial charge on any atom is -0.508 e. The van der Waals surface area contributed by atoms with Crippen LogP contribution in [0.2, 0.25) is 0 Å². The molecule has 0 unspecified atom stereocenters. The summed E-state index contributed by atoms with van der Waals surface area (Å²) in [7, 11) is 0. The van der Waals surface area contributed by atoms with E-state index >= 15 is 0 Å². The number of ether oxygens (including phenoxy) is 1. The highest BCUT2D eigenvalue weighted by molar-refractivity contribution is 5.53. The van der Waals surface area contributed by atoms with Crippen LogP contribution < -0.4 is 4.74 Å². The third-order valence-electron chi connectivity index (χ3n) is 2.55. The Kier molecular flexibility index (Phi) is 3.53. The van der Waals surface area contributed by atoms with E-state index in [1.807, 2.05) is 6.07 Å². The lowest BCUT2D eigenvalue weighted by molar-refractivity contribution is -0.385. The molecule has 2 aromatic rings. The van der Waals surface area contributed by atoms with Gasteiger partial charge in [0.15, 0.2) is 0 Å². The fourth-order valence-electron chi connectivity index (χ4n) is 1.73. The lowest BCUT2D eigenvalue weighted by atomic mass is 10.2. The quantitative estimate of drug-likeness (QED) is 0.681. The van der Waals surface area contributed by atoms with Gasteiger partial charge in [-0.3, -0.25) is 10.1 Å². The van der Waals surface area contributed by atoms with Crippen molar-refractivity contribution >= 4 is 5.69 Å². The molecule has 0 bridgehead atoms. The molecule has 0 aliphatic rings. The Bertz CT molecular complexity index is 699. The zero-order valence-electron chi connectivity index (χ0n) is 10.5. The summed E-state index contributed by atoms with van der Waals surface area (Å²) < 4.78 is 5.42. The zero-order valence-corrected chi connectivity index (χ0v) is 10.5. The Morgan fingerprint density at radius 2 is 2.05 bits per heavy atom. The lowest BCUT2D eigenvalue weighted by Gasteiger charge is -2.08.